The minimum absolute atomic E-state index is 0.139. The molecular formula is C19H19NO3. The molecule has 0 radical (unpaired) electrons. The molecule has 4 nitrogen and oxygen atoms in total. The zero-order chi connectivity index (χ0) is 16.7. The van der Waals surface area contributed by atoms with E-state index in [-0.39, 0.29) is 6.61 Å². The molecule has 0 unspecified atom stereocenters. The molecule has 0 atom stereocenters. The van der Waals surface area contributed by atoms with Gasteiger partial charge in [-0.15, -0.1) is 0 Å². The van der Waals surface area contributed by atoms with E-state index in [4.69, 9.17) is 14.7 Å². The number of benzene rings is 2. The van der Waals surface area contributed by atoms with Crippen molar-refractivity contribution in [3.63, 3.8) is 0 Å². The fraction of sp³-hybridized carbons (Fsp3) is 0.263. The maximum absolute atomic E-state index is 12.0. The Bertz CT molecular complexity index is 699. The summed E-state index contributed by atoms with van der Waals surface area (Å²) in [5.41, 5.74) is 1.80. The maximum Gasteiger partial charge on any atom is 0.338 e. The maximum atomic E-state index is 12.0. The second kappa shape index (κ2) is 8.00. The Labute approximate surface area is 136 Å². The monoisotopic (exact) mass is 309 g/mol. The molecule has 0 aromatic heterocycles. The van der Waals surface area contributed by atoms with Gasteiger partial charge in [0.15, 0.2) is 0 Å². The quantitative estimate of drug-likeness (QED) is 0.758. The third-order valence-corrected chi connectivity index (χ3v) is 3.10. The van der Waals surface area contributed by atoms with Crippen molar-refractivity contribution in [2.75, 3.05) is 6.61 Å². The van der Waals surface area contributed by atoms with Gasteiger partial charge in [-0.05, 0) is 47.9 Å². The highest BCUT2D eigenvalue weighted by Gasteiger charge is 2.08. The van der Waals surface area contributed by atoms with Crippen LogP contribution in [0.1, 0.15) is 35.3 Å². The van der Waals surface area contributed by atoms with Crippen LogP contribution in [0.4, 0.5) is 0 Å². The molecule has 0 aliphatic rings. The minimum Gasteiger partial charge on any atom is -0.493 e. The molecule has 0 aliphatic heterocycles. The van der Waals surface area contributed by atoms with E-state index in [1.54, 1.807) is 42.5 Å². The van der Waals surface area contributed by atoms with Crippen molar-refractivity contribution in [2.24, 2.45) is 5.92 Å². The first kappa shape index (κ1) is 16.6. The lowest BCUT2D eigenvalue weighted by atomic mass is 10.1. The highest BCUT2D eigenvalue weighted by atomic mass is 16.5. The third kappa shape index (κ3) is 5.15. The van der Waals surface area contributed by atoms with Crippen molar-refractivity contribution < 1.29 is 14.3 Å². The van der Waals surface area contributed by atoms with Crippen molar-refractivity contribution >= 4 is 5.97 Å². The lowest BCUT2D eigenvalue weighted by Crippen LogP contribution is -2.06. The summed E-state index contributed by atoms with van der Waals surface area (Å²) in [6.07, 6.45) is 0. The molecule has 0 fully saturated rings. The van der Waals surface area contributed by atoms with Crippen LogP contribution in [0.25, 0.3) is 0 Å². The Balaban J connectivity index is 1.91. The first-order chi connectivity index (χ1) is 11.1. The number of rotatable bonds is 6. The number of ether oxygens (including phenoxy) is 2. The van der Waals surface area contributed by atoms with E-state index in [9.17, 15) is 4.79 Å². The Kier molecular flexibility index (Phi) is 5.76. The van der Waals surface area contributed by atoms with E-state index >= 15 is 0 Å². The van der Waals surface area contributed by atoms with Crippen molar-refractivity contribution in [3.05, 3.63) is 65.2 Å². The molecule has 118 valence electrons. The highest BCUT2D eigenvalue weighted by molar-refractivity contribution is 5.89. The Morgan fingerprint density at radius 1 is 1.17 bits per heavy atom. The van der Waals surface area contributed by atoms with Gasteiger partial charge in [0.05, 0.1) is 23.8 Å². The predicted octanol–water partition coefficient (Wildman–Crippen LogP) is 3.95. The molecule has 0 saturated carbocycles. The smallest absolute Gasteiger partial charge is 0.338 e. The Morgan fingerprint density at radius 3 is 2.57 bits per heavy atom. The van der Waals surface area contributed by atoms with Gasteiger partial charge in [-0.2, -0.15) is 5.26 Å². The molecule has 0 spiro atoms. The number of nitrogens with zero attached hydrogens (tertiary/aromatic N) is 1. The van der Waals surface area contributed by atoms with Crippen molar-refractivity contribution in [1.29, 1.82) is 5.26 Å². The van der Waals surface area contributed by atoms with Crippen LogP contribution in [0.2, 0.25) is 0 Å². The molecule has 23 heavy (non-hydrogen) atoms. The van der Waals surface area contributed by atoms with Crippen LogP contribution >= 0.6 is 0 Å². The van der Waals surface area contributed by atoms with Crippen LogP contribution < -0.4 is 4.74 Å². The summed E-state index contributed by atoms with van der Waals surface area (Å²) in [6.45, 7) is 4.93. The number of hydrogen-bond donors (Lipinski definition) is 0. The topological polar surface area (TPSA) is 59.3 Å². The molecule has 2 aromatic rings. The van der Waals surface area contributed by atoms with Gasteiger partial charge >= 0.3 is 5.97 Å². The molecule has 2 aromatic carbocycles. The molecule has 0 heterocycles. The molecule has 4 heteroatoms. The molecule has 0 N–H and O–H groups in total. The predicted molar refractivity (Wildman–Crippen MR) is 87.1 cm³/mol. The van der Waals surface area contributed by atoms with E-state index in [1.165, 1.54) is 0 Å². The lowest BCUT2D eigenvalue weighted by molar-refractivity contribution is 0.0472. The summed E-state index contributed by atoms with van der Waals surface area (Å²) < 4.78 is 10.8. The van der Waals surface area contributed by atoms with Gasteiger partial charge < -0.3 is 9.47 Å². The largest absolute Gasteiger partial charge is 0.493 e. The Hall–Kier alpha value is -2.80. The fourth-order valence-corrected chi connectivity index (χ4v) is 1.91. The van der Waals surface area contributed by atoms with Gasteiger partial charge in [0.2, 0.25) is 0 Å². The van der Waals surface area contributed by atoms with Crippen molar-refractivity contribution in [1.82, 2.24) is 0 Å². The summed E-state index contributed by atoms with van der Waals surface area (Å²) in [6, 6.07) is 15.9. The number of hydrogen-bond acceptors (Lipinski definition) is 4. The summed E-state index contributed by atoms with van der Waals surface area (Å²) in [5.74, 6) is 0.781. The van der Waals surface area contributed by atoms with Gasteiger partial charge in [0, 0.05) is 0 Å². The number of nitriles is 1. The second-order valence-electron chi connectivity index (χ2n) is 5.62. The van der Waals surface area contributed by atoms with Gasteiger partial charge in [-0.25, -0.2) is 4.79 Å². The number of carbonyl (C=O) groups is 1. The van der Waals surface area contributed by atoms with E-state index in [0.717, 1.165) is 11.3 Å². The summed E-state index contributed by atoms with van der Waals surface area (Å²) in [7, 11) is 0. The fourth-order valence-electron chi connectivity index (χ4n) is 1.91. The van der Waals surface area contributed by atoms with Gasteiger partial charge in [0.25, 0.3) is 0 Å². The first-order valence-corrected chi connectivity index (χ1v) is 7.47. The zero-order valence-electron chi connectivity index (χ0n) is 13.3. The second-order valence-corrected chi connectivity index (χ2v) is 5.62. The average Bonchev–Trinajstić information content (AvgIpc) is 2.58. The zero-order valence-corrected chi connectivity index (χ0v) is 13.3. The molecular weight excluding hydrogens is 290 g/mol. The molecule has 0 bridgehead atoms. The Morgan fingerprint density at radius 2 is 1.91 bits per heavy atom. The number of esters is 1. The molecule has 0 amide bonds. The third-order valence-electron chi connectivity index (χ3n) is 3.10. The van der Waals surface area contributed by atoms with Gasteiger partial charge in [-0.1, -0.05) is 26.0 Å². The van der Waals surface area contributed by atoms with Crippen LogP contribution in [-0.2, 0) is 11.3 Å². The minimum atomic E-state index is -0.400. The van der Waals surface area contributed by atoms with Crippen molar-refractivity contribution in [3.8, 4) is 11.8 Å². The van der Waals surface area contributed by atoms with E-state index in [0.29, 0.717) is 23.7 Å². The van der Waals surface area contributed by atoms with Crippen LogP contribution in [-0.4, -0.2) is 12.6 Å². The van der Waals surface area contributed by atoms with Crippen LogP contribution in [0.3, 0.4) is 0 Å². The highest BCUT2D eigenvalue weighted by Crippen LogP contribution is 2.15. The van der Waals surface area contributed by atoms with Gasteiger partial charge in [0.1, 0.15) is 12.4 Å². The molecule has 0 saturated heterocycles. The SMILES string of the molecule is CC(C)COc1ccc(C(=O)OCc2cccc(C#N)c2)cc1. The molecule has 0 aliphatic carbocycles. The number of carbonyl (C=O) groups excluding carboxylic acids is 1. The van der Waals surface area contributed by atoms with Crippen LogP contribution in [0, 0.1) is 17.2 Å². The van der Waals surface area contributed by atoms with E-state index in [2.05, 4.69) is 19.9 Å². The summed E-state index contributed by atoms with van der Waals surface area (Å²) >= 11 is 0. The normalized spacial score (nSPS) is 10.2. The van der Waals surface area contributed by atoms with Crippen LogP contribution in [0.5, 0.6) is 5.75 Å². The van der Waals surface area contributed by atoms with E-state index in [1.807, 2.05) is 6.07 Å². The van der Waals surface area contributed by atoms with E-state index < -0.39 is 5.97 Å². The molecule has 2 rings (SSSR count). The van der Waals surface area contributed by atoms with Crippen LogP contribution in [0.15, 0.2) is 48.5 Å². The van der Waals surface area contributed by atoms with Crippen molar-refractivity contribution in [2.45, 2.75) is 20.5 Å². The standard InChI is InChI=1S/C19H19NO3/c1-14(2)12-22-18-8-6-17(7-9-18)19(21)23-13-16-5-3-4-15(10-16)11-20/h3-10,14H,12-13H2,1-2H3. The van der Waals surface area contributed by atoms with Gasteiger partial charge in [-0.3, -0.25) is 0 Å². The average molecular weight is 309 g/mol. The first-order valence-electron chi connectivity index (χ1n) is 7.47. The summed E-state index contributed by atoms with van der Waals surface area (Å²) in [4.78, 5) is 12.0. The summed E-state index contributed by atoms with van der Waals surface area (Å²) in [5, 5.41) is 8.85. The lowest BCUT2D eigenvalue weighted by Gasteiger charge is -2.09.